The Morgan fingerprint density at radius 2 is 2.14 bits per heavy atom. The first-order chi connectivity index (χ1) is 6.69. The first-order valence-electron chi connectivity index (χ1n) is 5.05. The smallest absolute Gasteiger partial charge is 0.0457 e. The van der Waals surface area contributed by atoms with Gasteiger partial charge in [-0.2, -0.15) is 0 Å². The molecule has 0 bridgehead atoms. The van der Waals surface area contributed by atoms with Gasteiger partial charge in [0.25, 0.3) is 0 Å². The summed E-state index contributed by atoms with van der Waals surface area (Å²) in [7, 11) is 4.12. The molecular formula is C11H19NOS. The molecule has 0 saturated carbocycles. The van der Waals surface area contributed by atoms with Crippen molar-refractivity contribution < 1.29 is 5.11 Å². The van der Waals surface area contributed by atoms with Crippen LogP contribution in [0.25, 0.3) is 0 Å². The molecule has 3 heteroatoms. The predicted octanol–water partition coefficient (Wildman–Crippen LogP) is 2.30. The third kappa shape index (κ3) is 2.80. The van der Waals surface area contributed by atoms with E-state index in [0.717, 1.165) is 12.8 Å². The summed E-state index contributed by atoms with van der Waals surface area (Å²) >= 11 is 1.86. The van der Waals surface area contributed by atoms with Crippen LogP contribution in [0.3, 0.4) is 0 Å². The van der Waals surface area contributed by atoms with Gasteiger partial charge in [-0.05, 0) is 39.1 Å². The van der Waals surface area contributed by atoms with Crippen molar-refractivity contribution in [2.75, 3.05) is 20.7 Å². The maximum Gasteiger partial charge on any atom is 0.0457 e. The highest BCUT2D eigenvalue weighted by atomic mass is 32.1. The van der Waals surface area contributed by atoms with E-state index in [0.29, 0.717) is 6.04 Å². The SMILES string of the molecule is CCc1ccc(C(CCO)N(C)C)s1. The highest BCUT2D eigenvalue weighted by Gasteiger charge is 2.15. The molecule has 0 fully saturated rings. The van der Waals surface area contributed by atoms with E-state index in [4.69, 9.17) is 5.11 Å². The third-order valence-electron chi connectivity index (χ3n) is 2.39. The van der Waals surface area contributed by atoms with Crippen LogP contribution >= 0.6 is 11.3 Å². The Morgan fingerprint density at radius 1 is 1.43 bits per heavy atom. The van der Waals surface area contributed by atoms with Crippen molar-refractivity contribution in [1.82, 2.24) is 4.90 Å². The van der Waals surface area contributed by atoms with E-state index in [-0.39, 0.29) is 6.61 Å². The summed E-state index contributed by atoms with van der Waals surface area (Å²) in [5.74, 6) is 0. The molecule has 14 heavy (non-hydrogen) atoms. The number of nitrogens with zero attached hydrogens (tertiary/aromatic N) is 1. The van der Waals surface area contributed by atoms with Crippen molar-refractivity contribution in [3.05, 3.63) is 21.9 Å². The lowest BCUT2D eigenvalue weighted by Gasteiger charge is -2.22. The Kier molecular flexibility index (Phi) is 4.58. The fourth-order valence-corrected chi connectivity index (χ4v) is 2.72. The van der Waals surface area contributed by atoms with Crippen molar-refractivity contribution in [1.29, 1.82) is 0 Å². The molecule has 0 aromatic carbocycles. The minimum Gasteiger partial charge on any atom is -0.396 e. The Hall–Kier alpha value is -0.380. The van der Waals surface area contributed by atoms with E-state index in [1.54, 1.807) is 0 Å². The lowest BCUT2D eigenvalue weighted by Crippen LogP contribution is -2.19. The highest BCUT2D eigenvalue weighted by Crippen LogP contribution is 2.28. The predicted molar refractivity (Wildman–Crippen MR) is 61.8 cm³/mol. The quantitative estimate of drug-likeness (QED) is 0.811. The Bertz CT molecular complexity index is 270. The molecule has 0 aliphatic heterocycles. The van der Waals surface area contributed by atoms with Gasteiger partial charge in [-0.3, -0.25) is 0 Å². The van der Waals surface area contributed by atoms with Gasteiger partial charge in [0.15, 0.2) is 0 Å². The molecule has 0 aliphatic carbocycles. The van der Waals surface area contributed by atoms with E-state index >= 15 is 0 Å². The zero-order valence-electron chi connectivity index (χ0n) is 9.16. The molecule has 1 unspecified atom stereocenters. The van der Waals surface area contributed by atoms with Crippen molar-refractivity contribution in [3.63, 3.8) is 0 Å². The van der Waals surface area contributed by atoms with Crippen LogP contribution in [0, 0.1) is 0 Å². The fourth-order valence-electron chi connectivity index (χ4n) is 1.54. The molecule has 1 heterocycles. The highest BCUT2D eigenvalue weighted by molar-refractivity contribution is 7.12. The summed E-state index contributed by atoms with van der Waals surface area (Å²) < 4.78 is 0. The number of rotatable bonds is 5. The average molecular weight is 213 g/mol. The monoisotopic (exact) mass is 213 g/mol. The van der Waals surface area contributed by atoms with Crippen molar-refractivity contribution in [2.45, 2.75) is 25.8 Å². The molecular weight excluding hydrogens is 194 g/mol. The van der Waals surface area contributed by atoms with Gasteiger partial charge in [0.2, 0.25) is 0 Å². The molecule has 1 N–H and O–H groups in total. The van der Waals surface area contributed by atoms with Gasteiger partial charge >= 0.3 is 0 Å². The average Bonchev–Trinajstić information content (AvgIpc) is 2.61. The first-order valence-corrected chi connectivity index (χ1v) is 5.86. The number of aliphatic hydroxyl groups is 1. The van der Waals surface area contributed by atoms with Crippen LogP contribution in [-0.4, -0.2) is 30.7 Å². The van der Waals surface area contributed by atoms with Gasteiger partial charge in [0.05, 0.1) is 0 Å². The summed E-state index contributed by atoms with van der Waals surface area (Å²) in [6.45, 7) is 2.43. The van der Waals surface area contributed by atoms with Crippen LogP contribution in [0.4, 0.5) is 0 Å². The van der Waals surface area contributed by atoms with Crippen LogP contribution in [0.15, 0.2) is 12.1 Å². The second-order valence-electron chi connectivity index (χ2n) is 3.65. The zero-order chi connectivity index (χ0) is 10.6. The maximum absolute atomic E-state index is 8.99. The van der Waals surface area contributed by atoms with Crippen LogP contribution in [0.5, 0.6) is 0 Å². The van der Waals surface area contributed by atoms with Gasteiger partial charge in [0, 0.05) is 22.4 Å². The molecule has 0 spiro atoms. The van der Waals surface area contributed by atoms with Gasteiger partial charge in [0.1, 0.15) is 0 Å². The minimum absolute atomic E-state index is 0.252. The summed E-state index contributed by atoms with van der Waals surface area (Å²) in [6.07, 6.45) is 1.92. The van der Waals surface area contributed by atoms with Gasteiger partial charge in [-0.15, -0.1) is 11.3 Å². The number of aryl methyl sites for hydroxylation is 1. The maximum atomic E-state index is 8.99. The lowest BCUT2D eigenvalue weighted by atomic mass is 10.1. The number of thiophene rings is 1. The summed E-state index contributed by atoms with van der Waals surface area (Å²) in [5.41, 5.74) is 0. The number of hydrogen-bond donors (Lipinski definition) is 1. The van der Waals surface area contributed by atoms with Gasteiger partial charge in [-0.25, -0.2) is 0 Å². The molecule has 0 radical (unpaired) electrons. The normalized spacial score (nSPS) is 13.5. The van der Waals surface area contributed by atoms with Crippen LogP contribution in [-0.2, 0) is 6.42 Å². The molecule has 80 valence electrons. The second-order valence-corrected chi connectivity index (χ2v) is 4.85. The molecule has 1 aromatic rings. The number of hydrogen-bond acceptors (Lipinski definition) is 3. The van der Waals surface area contributed by atoms with E-state index in [1.165, 1.54) is 9.75 Å². The number of aliphatic hydroxyl groups excluding tert-OH is 1. The summed E-state index contributed by atoms with van der Waals surface area (Å²) in [4.78, 5) is 4.95. The van der Waals surface area contributed by atoms with Gasteiger partial charge in [-0.1, -0.05) is 6.92 Å². The molecule has 1 aromatic heterocycles. The van der Waals surface area contributed by atoms with Crippen LogP contribution in [0.2, 0.25) is 0 Å². The Morgan fingerprint density at radius 3 is 2.57 bits per heavy atom. The molecule has 0 aliphatic rings. The second kappa shape index (κ2) is 5.49. The topological polar surface area (TPSA) is 23.5 Å². The van der Waals surface area contributed by atoms with Gasteiger partial charge < -0.3 is 10.0 Å². The molecule has 0 saturated heterocycles. The van der Waals surface area contributed by atoms with E-state index in [2.05, 4.69) is 38.1 Å². The van der Waals surface area contributed by atoms with E-state index < -0.39 is 0 Å². The summed E-state index contributed by atoms with van der Waals surface area (Å²) in [6, 6.07) is 4.74. The molecule has 2 nitrogen and oxygen atoms in total. The summed E-state index contributed by atoms with van der Waals surface area (Å²) in [5, 5.41) is 8.99. The van der Waals surface area contributed by atoms with Crippen LogP contribution < -0.4 is 0 Å². The van der Waals surface area contributed by atoms with Crippen LogP contribution in [0.1, 0.15) is 29.1 Å². The molecule has 1 atom stereocenters. The minimum atomic E-state index is 0.252. The standard InChI is InChI=1S/C11H19NOS/c1-4-9-5-6-11(14-9)10(7-8-13)12(2)3/h5-6,10,13H,4,7-8H2,1-3H3. The Balaban J connectivity index is 2.76. The third-order valence-corrected chi connectivity index (χ3v) is 3.72. The van der Waals surface area contributed by atoms with E-state index in [9.17, 15) is 0 Å². The van der Waals surface area contributed by atoms with Crippen molar-refractivity contribution >= 4 is 11.3 Å². The Labute approximate surface area is 90.2 Å². The van der Waals surface area contributed by atoms with Crippen molar-refractivity contribution in [3.8, 4) is 0 Å². The largest absolute Gasteiger partial charge is 0.396 e. The zero-order valence-corrected chi connectivity index (χ0v) is 9.97. The first kappa shape index (κ1) is 11.7. The lowest BCUT2D eigenvalue weighted by molar-refractivity contribution is 0.213. The molecule has 1 rings (SSSR count). The van der Waals surface area contributed by atoms with E-state index in [1.807, 2.05) is 11.3 Å². The van der Waals surface area contributed by atoms with Crippen molar-refractivity contribution in [2.24, 2.45) is 0 Å². The fraction of sp³-hybridized carbons (Fsp3) is 0.636. The molecule has 0 amide bonds.